The Morgan fingerprint density at radius 1 is 1.44 bits per heavy atom. The van der Waals surface area contributed by atoms with Crippen LogP contribution >= 0.6 is 24.0 Å². The van der Waals surface area contributed by atoms with Crippen molar-refractivity contribution in [1.82, 2.24) is 0 Å². The minimum atomic E-state index is -0.213. The van der Waals surface area contributed by atoms with E-state index in [-0.39, 0.29) is 5.97 Å². The van der Waals surface area contributed by atoms with Crippen molar-refractivity contribution < 1.29 is 9.53 Å². The Morgan fingerprint density at radius 2 is 2.12 bits per heavy atom. The molecule has 0 bridgehead atoms. The lowest BCUT2D eigenvalue weighted by molar-refractivity contribution is -0.140. The molecular weight excluding hydrogens is 242 g/mol. The summed E-state index contributed by atoms with van der Waals surface area (Å²) in [5.41, 5.74) is 0.957. The fourth-order valence-electron chi connectivity index (χ4n) is 1.00. The molecule has 0 aliphatic rings. The van der Waals surface area contributed by atoms with Gasteiger partial charge in [0.15, 0.2) is 0 Å². The molecule has 0 fully saturated rings. The number of carbonyl (C=O) groups excluding carboxylic acids is 1. The molecule has 0 heterocycles. The summed E-state index contributed by atoms with van der Waals surface area (Å²) in [5.74, 6) is 0.417. The first kappa shape index (κ1) is 13.0. The number of thioether (sulfide) groups is 1. The fourth-order valence-corrected chi connectivity index (χ4v) is 2.02. The van der Waals surface area contributed by atoms with Gasteiger partial charge in [-0.15, -0.1) is 0 Å². The van der Waals surface area contributed by atoms with Gasteiger partial charge in [-0.1, -0.05) is 42.2 Å². The van der Waals surface area contributed by atoms with Crippen LogP contribution in [0.1, 0.15) is 6.42 Å². The average Bonchev–Trinajstić information content (AvgIpc) is 2.30. The summed E-state index contributed by atoms with van der Waals surface area (Å²) >= 11 is 6.56. The van der Waals surface area contributed by atoms with Crippen LogP contribution in [0.25, 0.3) is 0 Å². The van der Waals surface area contributed by atoms with E-state index in [1.165, 1.54) is 18.9 Å². The van der Waals surface area contributed by atoms with Gasteiger partial charge >= 0.3 is 5.97 Å². The number of thiocarbonyl (C=S) groups is 1. The molecule has 86 valence electrons. The largest absolute Gasteiger partial charge is 0.469 e. The molecule has 1 aromatic rings. The van der Waals surface area contributed by atoms with Crippen LogP contribution < -0.4 is 5.32 Å². The third kappa shape index (κ3) is 5.14. The standard InChI is InChI=1S/C11H13NO2S2/c1-14-10(13)7-8-16-11(15)12-9-5-3-2-4-6-9/h2-6H,7-8H2,1H3,(H,12,15). The number of rotatable bonds is 4. The van der Waals surface area contributed by atoms with Crippen molar-refractivity contribution in [3.8, 4) is 0 Å². The van der Waals surface area contributed by atoms with Crippen molar-refractivity contribution in [1.29, 1.82) is 0 Å². The highest BCUT2D eigenvalue weighted by molar-refractivity contribution is 8.23. The predicted octanol–water partition coefficient (Wildman–Crippen LogP) is 2.68. The number of hydrogen-bond donors (Lipinski definition) is 1. The van der Waals surface area contributed by atoms with Gasteiger partial charge in [0.2, 0.25) is 0 Å². The van der Waals surface area contributed by atoms with E-state index in [0.717, 1.165) is 5.69 Å². The lowest BCUT2D eigenvalue weighted by Gasteiger charge is -2.06. The number of methoxy groups -OCH3 is 1. The SMILES string of the molecule is COC(=O)CCSC(=S)Nc1ccccc1. The normalized spacial score (nSPS) is 9.56. The monoisotopic (exact) mass is 255 g/mol. The van der Waals surface area contributed by atoms with Gasteiger partial charge in [0.25, 0.3) is 0 Å². The molecule has 1 N–H and O–H groups in total. The predicted molar refractivity (Wildman–Crippen MR) is 71.8 cm³/mol. The van der Waals surface area contributed by atoms with Crippen LogP contribution in [-0.2, 0) is 9.53 Å². The van der Waals surface area contributed by atoms with Crippen LogP contribution in [0.15, 0.2) is 30.3 Å². The number of nitrogens with one attached hydrogen (secondary N) is 1. The van der Waals surface area contributed by atoms with Crippen molar-refractivity contribution in [2.24, 2.45) is 0 Å². The van der Waals surface area contributed by atoms with Crippen LogP contribution in [0.5, 0.6) is 0 Å². The van der Waals surface area contributed by atoms with E-state index in [1.807, 2.05) is 30.3 Å². The maximum atomic E-state index is 10.9. The van der Waals surface area contributed by atoms with Crippen molar-refractivity contribution in [2.45, 2.75) is 6.42 Å². The highest BCUT2D eigenvalue weighted by atomic mass is 32.2. The number of anilines is 1. The Balaban J connectivity index is 2.24. The van der Waals surface area contributed by atoms with Crippen molar-refractivity contribution in [3.05, 3.63) is 30.3 Å². The molecule has 3 nitrogen and oxygen atoms in total. The van der Waals surface area contributed by atoms with Crippen molar-refractivity contribution in [3.63, 3.8) is 0 Å². The van der Waals surface area contributed by atoms with E-state index in [4.69, 9.17) is 12.2 Å². The minimum absolute atomic E-state index is 0.213. The zero-order valence-electron chi connectivity index (χ0n) is 8.93. The number of esters is 1. The second kappa shape index (κ2) is 7.24. The summed E-state index contributed by atoms with van der Waals surface area (Å²) in [6.45, 7) is 0. The quantitative estimate of drug-likeness (QED) is 0.661. The van der Waals surface area contributed by atoms with Gasteiger partial charge in [0.05, 0.1) is 13.5 Å². The molecule has 1 rings (SSSR count). The van der Waals surface area contributed by atoms with Gasteiger partial charge in [-0.3, -0.25) is 4.79 Å². The van der Waals surface area contributed by atoms with Gasteiger partial charge in [0, 0.05) is 11.4 Å². The highest BCUT2D eigenvalue weighted by Crippen LogP contribution is 2.12. The highest BCUT2D eigenvalue weighted by Gasteiger charge is 2.02. The molecule has 0 radical (unpaired) electrons. The molecule has 0 unspecified atom stereocenters. The maximum absolute atomic E-state index is 10.9. The van der Waals surface area contributed by atoms with Crippen LogP contribution in [0.4, 0.5) is 5.69 Å². The summed E-state index contributed by atoms with van der Waals surface area (Å²) in [6, 6.07) is 9.69. The van der Waals surface area contributed by atoms with E-state index >= 15 is 0 Å². The van der Waals surface area contributed by atoms with Gasteiger partial charge < -0.3 is 10.1 Å². The lowest BCUT2D eigenvalue weighted by Crippen LogP contribution is -2.07. The first-order valence-electron chi connectivity index (χ1n) is 4.78. The molecule has 0 aromatic heterocycles. The van der Waals surface area contributed by atoms with Crippen LogP contribution in [-0.4, -0.2) is 23.2 Å². The summed E-state index contributed by atoms with van der Waals surface area (Å²) < 4.78 is 5.20. The molecule has 0 saturated heterocycles. The van der Waals surface area contributed by atoms with E-state index < -0.39 is 0 Å². The molecule has 0 aliphatic carbocycles. The van der Waals surface area contributed by atoms with Crippen LogP contribution in [0, 0.1) is 0 Å². The number of benzene rings is 1. The topological polar surface area (TPSA) is 38.3 Å². The third-order valence-electron chi connectivity index (χ3n) is 1.79. The van der Waals surface area contributed by atoms with Crippen molar-refractivity contribution >= 4 is 40.0 Å². The first-order valence-corrected chi connectivity index (χ1v) is 6.17. The molecular formula is C11H13NO2S2. The summed E-state index contributed by atoms with van der Waals surface area (Å²) in [4.78, 5) is 10.9. The molecule has 16 heavy (non-hydrogen) atoms. The molecule has 0 atom stereocenters. The van der Waals surface area contributed by atoms with E-state index in [0.29, 0.717) is 16.5 Å². The third-order valence-corrected chi connectivity index (χ3v) is 3.02. The number of para-hydroxylation sites is 1. The van der Waals surface area contributed by atoms with Gasteiger partial charge in [-0.2, -0.15) is 0 Å². The Bertz CT molecular complexity index is 354. The molecule has 0 amide bonds. The molecule has 0 aliphatic heterocycles. The Kier molecular flexibility index (Phi) is 5.88. The second-order valence-corrected chi connectivity index (χ2v) is 4.72. The summed E-state index contributed by atoms with van der Waals surface area (Å²) in [7, 11) is 1.38. The zero-order chi connectivity index (χ0) is 11.8. The molecule has 0 spiro atoms. The molecule has 1 aromatic carbocycles. The van der Waals surface area contributed by atoms with E-state index in [9.17, 15) is 4.79 Å². The molecule has 0 saturated carbocycles. The van der Waals surface area contributed by atoms with Gasteiger partial charge in [-0.05, 0) is 12.1 Å². The lowest BCUT2D eigenvalue weighted by atomic mass is 10.3. The minimum Gasteiger partial charge on any atom is -0.469 e. The van der Waals surface area contributed by atoms with Gasteiger partial charge in [0.1, 0.15) is 4.32 Å². The van der Waals surface area contributed by atoms with E-state index in [1.54, 1.807) is 0 Å². The average molecular weight is 255 g/mol. The summed E-state index contributed by atoms with van der Waals surface area (Å²) in [5, 5.41) is 3.08. The number of carbonyl (C=O) groups is 1. The van der Waals surface area contributed by atoms with Crippen LogP contribution in [0.2, 0.25) is 0 Å². The second-order valence-electron chi connectivity index (χ2n) is 2.95. The van der Waals surface area contributed by atoms with E-state index in [2.05, 4.69) is 10.1 Å². The number of hydrogen-bond acceptors (Lipinski definition) is 4. The Morgan fingerprint density at radius 3 is 2.75 bits per heavy atom. The van der Waals surface area contributed by atoms with Gasteiger partial charge in [-0.25, -0.2) is 0 Å². The zero-order valence-corrected chi connectivity index (χ0v) is 10.6. The van der Waals surface area contributed by atoms with Crippen LogP contribution in [0.3, 0.4) is 0 Å². The smallest absolute Gasteiger partial charge is 0.306 e. The maximum Gasteiger partial charge on any atom is 0.306 e. The molecule has 5 heteroatoms. The number of ether oxygens (including phenoxy) is 1. The fraction of sp³-hybridized carbons (Fsp3) is 0.273. The Hall–Kier alpha value is -1.07. The van der Waals surface area contributed by atoms with Crippen molar-refractivity contribution in [2.75, 3.05) is 18.2 Å². The first-order chi connectivity index (χ1) is 7.72. The summed E-state index contributed by atoms with van der Waals surface area (Å²) in [6.07, 6.45) is 0.373. The Labute approximate surface area is 105 Å².